The van der Waals surface area contributed by atoms with E-state index >= 15 is 0 Å². The highest BCUT2D eigenvalue weighted by Crippen LogP contribution is 2.32. The molecule has 2 aromatic carbocycles. The van der Waals surface area contributed by atoms with Crippen LogP contribution in [0.1, 0.15) is 33.1 Å². The molecule has 0 aromatic heterocycles. The maximum atomic E-state index is 12.8. The Morgan fingerprint density at radius 1 is 1.03 bits per heavy atom. The fourth-order valence-corrected chi connectivity index (χ4v) is 3.60. The smallest absolute Gasteiger partial charge is 0.455 e. The highest BCUT2D eigenvalue weighted by molar-refractivity contribution is 5.94. The Hall–Kier alpha value is -3.23. The number of amides is 2. The number of ether oxygens (including phenoxy) is 2. The highest BCUT2D eigenvalue weighted by Gasteiger charge is 2.31. The summed E-state index contributed by atoms with van der Waals surface area (Å²) in [6, 6.07) is 11.8. The Morgan fingerprint density at radius 3 is 2.24 bits per heavy atom. The molecule has 2 amide bonds. The summed E-state index contributed by atoms with van der Waals surface area (Å²) in [7, 11) is 0. The van der Waals surface area contributed by atoms with Gasteiger partial charge in [-0.1, -0.05) is 26.0 Å². The van der Waals surface area contributed by atoms with Crippen LogP contribution in [0.2, 0.25) is 0 Å². The van der Waals surface area contributed by atoms with Crippen LogP contribution >= 0.6 is 0 Å². The zero-order valence-electron chi connectivity index (χ0n) is 18.5. The van der Waals surface area contributed by atoms with Crippen LogP contribution in [0.3, 0.4) is 0 Å². The van der Waals surface area contributed by atoms with Gasteiger partial charge in [-0.2, -0.15) is 0 Å². The van der Waals surface area contributed by atoms with E-state index in [1.54, 1.807) is 24.3 Å². The molecule has 0 unspecified atom stereocenters. The van der Waals surface area contributed by atoms with Gasteiger partial charge in [-0.25, -0.2) is 0 Å². The summed E-state index contributed by atoms with van der Waals surface area (Å²) in [5.74, 6) is 0.339. The Kier molecular flexibility index (Phi) is 7.84. The second-order valence-corrected chi connectivity index (χ2v) is 8.36. The molecule has 1 fully saturated rings. The number of rotatable bonds is 7. The second-order valence-electron chi connectivity index (χ2n) is 8.36. The average Bonchev–Trinajstić information content (AvgIpc) is 2.75. The number of halogens is 3. The number of benzene rings is 2. The van der Waals surface area contributed by atoms with Gasteiger partial charge in [0, 0.05) is 25.4 Å². The largest absolute Gasteiger partial charge is 0.573 e. The van der Waals surface area contributed by atoms with Crippen LogP contribution in [0.15, 0.2) is 48.5 Å². The Balaban J connectivity index is 1.58. The first-order valence-electron chi connectivity index (χ1n) is 10.8. The Labute approximate surface area is 190 Å². The molecule has 0 bridgehead atoms. The van der Waals surface area contributed by atoms with Crippen LogP contribution in [0.5, 0.6) is 17.2 Å². The molecular formula is C24H27F3N2O4. The number of carbonyl (C=O) groups excluding carboxylic acids is 2. The first-order valence-corrected chi connectivity index (χ1v) is 10.8. The van der Waals surface area contributed by atoms with Gasteiger partial charge in [0.1, 0.15) is 11.5 Å². The number of para-hydroxylation sites is 2. The summed E-state index contributed by atoms with van der Waals surface area (Å²) in [5.41, 5.74) is 0.455. The maximum absolute atomic E-state index is 12.8. The summed E-state index contributed by atoms with van der Waals surface area (Å²) in [6.45, 7) is 5.10. The van der Waals surface area contributed by atoms with Gasteiger partial charge in [0.05, 0.1) is 5.69 Å². The lowest BCUT2D eigenvalue weighted by atomic mass is 9.95. The fraction of sp³-hybridized carbons (Fsp3) is 0.417. The third-order valence-electron chi connectivity index (χ3n) is 5.23. The summed E-state index contributed by atoms with van der Waals surface area (Å²) in [5, 5.41) is 2.88. The van der Waals surface area contributed by atoms with Crippen LogP contribution in [0.25, 0.3) is 0 Å². The van der Waals surface area contributed by atoms with Crippen molar-refractivity contribution in [3.63, 3.8) is 0 Å². The van der Waals surface area contributed by atoms with Gasteiger partial charge in [-0.3, -0.25) is 9.59 Å². The van der Waals surface area contributed by atoms with Crippen molar-refractivity contribution < 1.29 is 32.2 Å². The number of piperidine rings is 1. The zero-order chi connectivity index (χ0) is 24.0. The third-order valence-corrected chi connectivity index (χ3v) is 5.23. The van der Waals surface area contributed by atoms with Gasteiger partial charge in [0.25, 0.3) is 0 Å². The number of hydrogen-bond acceptors (Lipinski definition) is 4. The molecule has 1 aliphatic rings. The molecule has 0 atom stereocenters. The first kappa shape index (κ1) is 24.4. The summed E-state index contributed by atoms with van der Waals surface area (Å²) < 4.78 is 46.6. The van der Waals surface area contributed by atoms with E-state index in [4.69, 9.17) is 4.74 Å². The molecule has 0 radical (unpaired) electrons. The van der Waals surface area contributed by atoms with E-state index in [9.17, 15) is 22.8 Å². The van der Waals surface area contributed by atoms with Crippen LogP contribution in [-0.2, 0) is 9.59 Å². The minimum absolute atomic E-state index is 0.120. The summed E-state index contributed by atoms with van der Waals surface area (Å²) in [6.07, 6.45) is -3.10. The van der Waals surface area contributed by atoms with E-state index in [0.717, 1.165) is 12.1 Å². The predicted octanol–water partition coefficient (Wildman–Crippen LogP) is 5.60. The standard InChI is InChI=1S/C24H27F3N2O4/c1-16(2)15-22(30)29-13-11-17(12-14-29)23(31)28-20-5-3-4-6-21(20)32-18-7-9-19(10-8-18)33-24(25,26)27/h3-10,16-17H,11-15H2,1-2H3,(H,28,31). The molecule has 2 aromatic rings. The van der Waals surface area contributed by atoms with Crippen LogP contribution in [-0.4, -0.2) is 36.2 Å². The number of likely N-dealkylation sites (tertiary alicyclic amines) is 1. The van der Waals surface area contributed by atoms with Crippen LogP contribution in [0.4, 0.5) is 18.9 Å². The first-order chi connectivity index (χ1) is 15.6. The van der Waals surface area contributed by atoms with E-state index in [0.29, 0.717) is 55.5 Å². The van der Waals surface area contributed by atoms with Crippen molar-refractivity contribution in [3.05, 3.63) is 48.5 Å². The lowest BCUT2D eigenvalue weighted by Crippen LogP contribution is -2.41. The monoisotopic (exact) mass is 464 g/mol. The van der Waals surface area contributed by atoms with Crippen molar-refractivity contribution >= 4 is 17.5 Å². The van der Waals surface area contributed by atoms with Gasteiger partial charge in [-0.15, -0.1) is 13.2 Å². The van der Waals surface area contributed by atoms with Gasteiger partial charge in [-0.05, 0) is 55.2 Å². The van der Waals surface area contributed by atoms with Gasteiger partial charge in [0.2, 0.25) is 11.8 Å². The molecule has 1 N–H and O–H groups in total. The van der Waals surface area contributed by atoms with Crippen molar-refractivity contribution in [2.24, 2.45) is 11.8 Å². The number of nitrogens with one attached hydrogen (secondary N) is 1. The van der Waals surface area contributed by atoms with Gasteiger partial charge < -0.3 is 19.7 Å². The Bertz CT molecular complexity index is 953. The third kappa shape index (κ3) is 7.40. The maximum Gasteiger partial charge on any atom is 0.573 e. The van der Waals surface area contributed by atoms with E-state index < -0.39 is 6.36 Å². The molecule has 1 heterocycles. The zero-order valence-corrected chi connectivity index (χ0v) is 18.5. The SMILES string of the molecule is CC(C)CC(=O)N1CCC(C(=O)Nc2ccccc2Oc2ccc(OC(F)(F)F)cc2)CC1. The molecule has 33 heavy (non-hydrogen) atoms. The van der Waals surface area contributed by atoms with Crippen molar-refractivity contribution in [2.75, 3.05) is 18.4 Å². The van der Waals surface area contributed by atoms with E-state index in [1.165, 1.54) is 12.1 Å². The molecule has 0 saturated carbocycles. The number of alkyl halides is 3. The van der Waals surface area contributed by atoms with E-state index in [1.807, 2.05) is 18.7 Å². The van der Waals surface area contributed by atoms with E-state index in [-0.39, 0.29) is 23.5 Å². The number of hydrogen-bond donors (Lipinski definition) is 1. The Morgan fingerprint density at radius 2 is 1.64 bits per heavy atom. The second kappa shape index (κ2) is 10.6. The van der Waals surface area contributed by atoms with Gasteiger partial charge >= 0.3 is 6.36 Å². The normalized spacial score (nSPS) is 14.8. The molecule has 178 valence electrons. The summed E-state index contributed by atoms with van der Waals surface area (Å²) in [4.78, 5) is 26.9. The molecular weight excluding hydrogens is 437 g/mol. The fourth-order valence-electron chi connectivity index (χ4n) is 3.60. The molecule has 0 aliphatic carbocycles. The van der Waals surface area contributed by atoms with Crippen molar-refractivity contribution in [2.45, 2.75) is 39.5 Å². The average molecular weight is 464 g/mol. The molecule has 6 nitrogen and oxygen atoms in total. The molecule has 3 rings (SSSR count). The molecule has 9 heteroatoms. The predicted molar refractivity (Wildman–Crippen MR) is 117 cm³/mol. The number of carbonyl (C=O) groups is 2. The van der Waals surface area contributed by atoms with Crippen molar-refractivity contribution in [1.82, 2.24) is 4.90 Å². The van der Waals surface area contributed by atoms with Gasteiger partial charge in [0.15, 0.2) is 5.75 Å². The molecule has 1 saturated heterocycles. The highest BCUT2D eigenvalue weighted by atomic mass is 19.4. The number of nitrogens with zero attached hydrogens (tertiary/aromatic N) is 1. The lowest BCUT2D eigenvalue weighted by Gasteiger charge is -2.32. The lowest BCUT2D eigenvalue weighted by molar-refractivity contribution is -0.274. The quantitative estimate of drug-likeness (QED) is 0.579. The summed E-state index contributed by atoms with van der Waals surface area (Å²) >= 11 is 0. The topological polar surface area (TPSA) is 67.9 Å². The van der Waals surface area contributed by atoms with Crippen LogP contribution in [0, 0.1) is 11.8 Å². The minimum atomic E-state index is -4.77. The van der Waals surface area contributed by atoms with Crippen molar-refractivity contribution in [1.29, 1.82) is 0 Å². The minimum Gasteiger partial charge on any atom is -0.455 e. The van der Waals surface area contributed by atoms with E-state index in [2.05, 4.69) is 10.1 Å². The van der Waals surface area contributed by atoms with Crippen LogP contribution < -0.4 is 14.8 Å². The molecule has 1 aliphatic heterocycles. The number of anilines is 1. The van der Waals surface area contributed by atoms with Crippen molar-refractivity contribution in [3.8, 4) is 17.2 Å². The molecule has 0 spiro atoms.